The normalized spacial score (nSPS) is 14.1. The predicted octanol–water partition coefficient (Wildman–Crippen LogP) is 5.45. The van der Waals surface area contributed by atoms with Gasteiger partial charge < -0.3 is 14.7 Å². The minimum atomic E-state index is -0.980. The number of ether oxygens (including phenoxy) is 1. The van der Waals surface area contributed by atoms with Crippen molar-refractivity contribution in [2.75, 3.05) is 6.61 Å². The van der Waals surface area contributed by atoms with Crippen LogP contribution in [0.4, 0.5) is 0 Å². The number of carboxylic acid groups (broad SMARTS) is 1. The van der Waals surface area contributed by atoms with Crippen molar-refractivity contribution in [1.29, 1.82) is 0 Å². The SMILES string of the molecule is C/C(CC1=Cc2cccc(OCC(=O)O)c2CC1)=N/OC(c1ccccc1)c1ccncc1. The van der Waals surface area contributed by atoms with Gasteiger partial charge in [-0.3, -0.25) is 4.98 Å². The first-order valence-corrected chi connectivity index (χ1v) is 10.9. The third-order valence-electron chi connectivity index (χ3n) is 5.48. The number of carbonyl (C=O) groups is 1. The summed E-state index contributed by atoms with van der Waals surface area (Å²) in [4.78, 5) is 21.0. The number of carboxylic acids is 1. The molecule has 0 aliphatic heterocycles. The summed E-state index contributed by atoms with van der Waals surface area (Å²) in [7, 11) is 0. The van der Waals surface area contributed by atoms with Crippen LogP contribution in [0.2, 0.25) is 0 Å². The lowest BCUT2D eigenvalue weighted by molar-refractivity contribution is -0.139. The van der Waals surface area contributed by atoms with Gasteiger partial charge in [-0.2, -0.15) is 0 Å². The summed E-state index contributed by atoms with van der Waals surface area (Å²) in [5.74, 6) is -0.339. The van der Waals surface area contributed by atoms with Gasteiger partial charge in [-0.05, 0) is 49.1 Å². The molecule has 6 nitrogen and oxygen atoms in total. The van der Waals surface area contributed by atoms with Gasteiger partial charge in [0.1, 0.15) is 5.75 Å². The number of fused-ring (bicyclic) bond motifs is 1. The van der Waals surface area contributed by atoms with Crippen LogP contribution >= 0.6 is 0 Å². The summed E-state index contributed by atoms with van der Waals surface area (Å²) in [6.45, 7) is 1.63. The van der Waals surface area contributed by atoms with E-state index >= 15 is 0 Å². The van der Waals surface area contributed by atoms with Gasteiger partial charge >= 0.3 is 5.97 Å². The summed E-state index contributed by atoms with van der Waals surface area (Å²) in [5.41, 5.74) is 6.27. The predicted molar refractivity (Wildman–Crippen MR) is 127 cm³/mol. The van der Waals surface area contributed by atoms with Gasteiger partial charge in [0.2, 0.25) is 0 Å². The van der Waals surface area contributed by atoms with Crippen LogP contribution in [-0.2, 0) is 16.1 Å². The molecular formula is C27H26N2O4. The molecule has 0 fully saturated rings. The van der Waals surface area contributed by atoms with E-state index in [1.165, 1.54) is 5.57 Å². The number of nitrogens with zero attached hydrogens (tertiary/aromatic N) is 2. The fraction of sp³-hybridized carbons (Fsp3) is 0.222. The Kier molecular flexibility index (Phi) is 7.15. The monoisotopic (exact) mass is 442 g/mol. The Morgan fingerprint density at radius 3 is 2.55 bits per heavy atom. The molecule has 6 heteroatoms. The maximum Gasteiger partial charge on any atom is 0.341 e. The lowest BCUT2D eigenvalue weighted by atomic mass is 9.89. The van der Waals surface area contributed by atoms with Gasteiger partial charge in [-0.15, -0.1) is 0 Å². The van der Waals surface area contributed by atoms with E-state index in [1.54, 1.807) is 12.4 Å². The fourth-order valence-corrected chi connectivity index (χ4v) is 3.96. The van der Waals surface area contributed by atoms with Crippen molar-refractivity contribution >= 4 is 17.8 Å². The van der Waals surface area contributed by atoms with Crippen LogP contribution in [0.5, 0.6) is 5.75 Å². The fourth-order valence-electron chi connectivity index (χ4n) is 3.96. The lowest BCUT2D eigenvalue weighted by Crippen LogP contribution is -2.12. The second-order valence-corrected chi connectivity index (χ2v) is 7.99. The largest absolute Gasteiger partial charge is 0.482 e. The van der Waals surface area contributed by atoms with Crippen LogP contribution in [0.1, 0.15) is 48.1 Å². The Morgan fingerprint density at radius 1 is 1.03 bits per heavy atom. The maximum absolute atomic E-state index is 10.8. The number of hydrogen-bond donors (Lipinski definition) is 1. The van der Waals surface area contributed by atoms with Crippen molar-refractivity contribution < 1.29 is 19.5 Å². The molecule has 1 heterocycles. The Morgan fingerprint density at radius 2 is 1.79 bits per heavy atom. The molecule has 2 aromatic carbocycles. The second kappa shape index (κ2) is 10.6. The average molecular weight is 443 g/mol. The van der Waals surface area contributed by atoms with Crippen LogP contribution in [-0.4, -0.2) is 28.4 Å². The van der Waals surface area contributed by atoms with E-state index in [-0.39, 0.29) is 12.7 Å². The van der Waals surface area contributed by atoms with E-state index in [4.69, 9.17) is 14.7 Å². The molecule has 0 radical (unpaired) electrons. The van der Waals surface area contributed by atoms with Crippen molar-refractivity contribution in [2.45, 2.75) is 32.3 Å². The number of aliphatic carboxylic acids is 1. The van der Waals surface area contributed by atoms with Gasteiger partial charge in [-0.25, -0.2) is 4.79 Å². The molecule has 1 atom stereocenters. The standard InChI is InChI=1S/C27H26N2O4/c1-19(29-33-27(21-6-3-2-4-7-21)22-12-14-28-15-13-22)16-20-10-11-24-23(17-20)8-5-9-25(24)32-18-26(30)31/h2-9,12-15,17,27H,10-11,16,18H2,1H3,(H,30,31)/b29-19-. The molecule has 1 aliphatic carbocycles. The molecule has 33 heavy (non-hydrogen) atoms. The first-order valence-electron chi connectivity index (χ1n) is 10.9. The highest BCUT2D eigenvalue weighted by Crippen LogP contribution is 2.33. The van der Waals surface area contributed by atoms with Gasteiger partial charge in [-0.1, -0.05) is 59.3 Å². The summed E-state index contributed by atoms with van der Waals surface area (Å²) in [6.07, 6.45) is 7.71. The van der Waals surface area contributed by atoms with Crippen molar-refractivity contribution in [3.8, 4) is 5.75 Å². The van der Waals surface area contributed by atoms with Crippen molar-refractivity contribution in [3.63, 3.8) is 0 Å². The highest BCUT2D eigenvalue weighted by atomic mass is 16.6. The molecule has 1 aromatic heterocycles. The number of oxime groups is 1. The van der Waals surface area contributed by atoms with Crippen molar-refractivity contribution in [3.05, 3.63) is 101 Å². The molecular weight excluding hydrogens is 416 g/mol. The third kappa shape index (κ3) is 5.86. The topological polar surface area (TPSA) is 81.0 Å². The van der Waals surface area contributed by atoms with Gasteiger partial charge in [0.25, 0.3) is 0 Å². The molecule has 0 saturated heterocycles. The molecule has 0 amide bonds. The van der Waals surface area contributed by atoms with Crippen LogP contribution in [0, 0.1) is 0 Å². The van der Waals surface area contributed by atoms with Crippen LogP contribution in [0.3, 0.4) is 0 Å². The smallest absolute Gasteiger partial charge is 0.341 e. The Labute approximate surface area is 193 Å². The molecule has 3 aromatic rings. The number of benzene rings is 2. The highest BCUT2D eigenvalue weighted by Gasteiger charge is 2.18. The number of allylic oxidation sites excluding steroid dienone is 1. The zero-order valence-electron chi connectivity index (χ0n) is 18.5. The van der Waals surface area contributed by atoms with E-state index in [9.17, 15) is 4.79 Å². The molecule has 0 bridgehead atoms. The Hall–Kier alpha value is -3.93. The van der Waals surface area contributed by atoms with Gasteiger partial charge in [0, 0.05) is 29.9 Å². The second-order valence-electron chi connectivity index (χ2n) is 7.99. The minimum Gasteiger partial charge on any atom is -0.482 e. The highest BCUT2D eigenvalue weighted by molar-refractivity contribution is 5.85. The van der Waals surface area contributed by atoms with Gasteiger partial charge in [0.15, 0.2) is 12.7 Å². The van der Waals surface area contributed by atoms with E-state index < -0.39 is 5.97 Å². The summed E-state index contributed by atoms with van der Waals surface area (Å²) in [6, 6.07) is 19.6. The van der Waals surface area contributed by atoms with Crippen LogP contribution in [0.25, 0.3) is 6.08 Å². The maximum atomic E-state index is 10.8. The quantitative estimate of drug-likeness (QED) is 0.352. The number of hydrogen-bond acceptors (Lipinski definition) is 5. The Bertz CT molecular complexity index is 1120. The van der Waals surface area contributed by atoms with E-state index in [0.29, 0.717) is 12.2 Å². The van der Waals surface area contributed by atoms with E-state index in [2.05, 4.69) is 16.2 Å². The van der Waals surface area contributed by atoms with Crippen molar-refractivity contribution in [1.82, 2.24) is 4.98 Å². The average Bonchev–Trinajstić information content (AvgIpc) is 2.84. The van der Waals surface area contributed by atoms with Gasteiger partial charge in [0.05, 0.1) is 5.71 Å². The lowest BCUT2D eigenvalue weighted by Gasteiger charge is -2.20. The summed E-state index contributed by atoms with van der Waals surface area (Å²) >= 11 is 0. The minimum absolute atomic E-state index is 0.306. The number of aromatic nitrogens is 1. The van der Waals surface area contributed by atoms with E-state index in [0.717, 1.165) is 40.8 Å². The van der Waals surface area contributed by atoms with Crippen LogP contribution in [0.15, 0.2) is 83.8 Å². The van der Waals surface area contributed by atoms with Crippen LogP contribution < -0.4 is 4.74 Å². The van der Waals surface area contributed by atoms with E-state index in [1.807, 2.05) is 67.6 Å². The molecule has 1 unspecified atom stereocenters. The zero-order valence-corrected chi connectivity index (χ0v) is 18.5. The summed E-state index contributed by atoms with van der Waals surface area (Å²) in [5, 5.41) is 13.3. The molecule has 1 aliphatic rings. The molecule has 0 saturated carbocycles. The first-order chi connectivity index (χ1) is 16.1. The molecule has 0 spiro atoms. The number of pyridine rings is 1. The van der Waals surface area contributed by atoms with Crippen molar-refractivity contribution in [2.24, 2.45) is 5.16 Å². The Balaban J connectivity index is 1.48. The molecule has 1 N–H and O–H groups in total. The molecule has 168 valence electrons. The zero-order chi connectivity index (χ0) is 23.0. The number of rotatable bonds is 9. The third-order valence-corrected chi connectivity index (χ3v) is 5.48. The first kappa shape index (κ1) is 22.3. The molecule has 4 rings (SSSR count). The summed E-state index contributed by atoms with van der Waals surface area (Å²) < 4.78 is 5.45.